The van der Waals surface area contributed by atoms with Crippen molar-refractivity contribution in [3.05, 3.63) is 71.4 Å². The van der Waals surface area contributed by atoms with Gasteiger partial charge in [0.05, 0.1) is 24.9 Å². The minimum atomic E-state index is 0.101. The zero-order valence-electron chi connectivity index (χ0n) is 15.9. The fourth-order valence-corrected chi connectivity index (χ4v) is 3.52. The molecule has 0 N–H and O–H groups in total. The molecule has 1 aliphatic heterocycles. The second-order valence-corrected chi connectivity index (χ2v) is 7.04. The Morgan fingerprint density at radius 1 is 1.15 bits per heavy atom. The lowest BCUT2D eigenvalue weighted by Gasteiger charge is -2.34. The molecule has 27 heavy (non-hydrogen) atoms. The van der Waals surface area contributed by atoms with Crippen LogP contribution >= 0.6 is 0 Å². The monoisotopic (exact) mass is 363 g/mol. The van der Waals surface area contributed by atoms with Crippen LogP contribution in [-0.2, 0) is 17.7 Å². The van der Waals surface area contributed by atoms with E-state index in [4.69, 9.17) is 9.72 Å². The highest BCUT2D eigenvalue weighted by Gasteiger charge is 2.23. The van der Waals surface area contributed by atoms with E-state index >= 15 is 0 Å². The second-order valence-electron chi connectivity index (χ2n) is 7.04. The molecule has 0 spiro atoms. The Labute approximate surface area is 159 Å². The van der Waals surface area contributed by atoms with Crippen LogP contribution < -0.4 is 4.90 Å². The molecule has 3 aromatic rings. The molecule has 1 fully saturated rings. The highest BCUT2D eigenvalue weighted by Crippen LogP contribution is 2.17. The van der Waals surface area contributed by atoms with Crippen LogP contribution in [0.2, 0.25) is 0 Å². The van der Waals surface area contributed by atoms with Gasteiger partial charge in [0.25, 0.3) is 0 Å². The van der Waals surface area contributed by atoms with E-state index in [1.165, 1.54) is 11.3 Å². The van der Waals surface area contributed by atoms with Crippen molar-refractivity contribution < 1.29 is 4.74 Å². The lowest BCUT2D eigenvalue weighted by Crippen LogP contribution is -2.45. The minimum absolute atomic E-state index is 0.101. The van der Waals surface area contributed by atoms with Crippen molar-refractivity contribution in [2.75, 3.05) is 24.6 Å². The van der Waals surface area contributed by atoms with Gasteiger partial charge in [-0.2, -0.15) is 5.10 Å². The molecule has 3 heterocycles. The van der Waals surface area contributed by atoms with E-state index in [2.05, 4.69) is 40.1 Å². The molecule has 0 saturated carbocycles. The van der Waals surface area contributed by atoms with Crippen molar-refractivity contribution in [1.29, 1.82) is 0 Å². The topological polar surface area (TPSA) is 56.1 Å². The van der Waals surface area contributed by atoms with E-state index in [0.717, 1.165) is 43.4 Å². The summed E-state index contributed by atoms with van der Waals surface area (Å²) in [5.41, 5.74) is 3.43. The molecule has 2 aromatic heterocycles. The van der Waals surface area contributed by atoms with Gasteiger partial charge in [0, 0.05) is 31.4 Å². The van der Waals surface area contributed by atoms with E-state index < -0.39 is 0 Å². The maximum Gasteiger partial charge on any atom is 0.135 e. The van der Waals surface area contributed by atoms with Crippen molar-refractivity contribution in [3.63, 3.8) is 0 Å². The van der Waals surface area contributed by atoms with Crippen LogP contribution in [0.15, 0.2) is 48.7 Å². The predicted octanol–water partition coefficient (Wildman–Crippen LogP) is 2.79. The Hall–Kier alpha value is -2.73. The number of nitrogens with zero attached hydrogens (tertiary/aromatic N) is 5. The molecule has 1 aliphatic rings. The fraction of sp³-hybridized carbons (Fsp3) is 0.381. The van der Waals surface area contributed by atoms with Crippen molar-refractivity contribution in [1.82, 2.24) is 19.7 Å². The standard InChI is InChI=1S/C21H25N5O/c1-16-12-17(2)26(24-16)15-19-14-25(10-11-27-19)21-8-9-22-20(23-21)13-18-6-4-3-5-7-18/h3-9,12,19H,10-11,13-15H2,1-2H3. The summed E-state index contributed by atoms with van der Waals surface area (Å²) in [4.78, 5) is 11.5. The highest BCUT2D eigenvalue weighted by molar-refractivity contribution is 5.38. The second kappa shape index (κ2) is 7.88. The maximum atomic E-state index is 5.98. The van der Waals surface area contributed by atoms with Crippen molar-refractivity contribution in [3.8, 4) is 0 Å². The third-order valence-corrected chi connectivity index (χ3v) is 4.84. The quantitative estimate of drug-likeness (QED) is 0.698. The number of aromatic nitrogens is 4. The van der Waals surface area contributed by atoms with Crippen LogP contribution in [0, 0.1) is 13.8 Å². The van der Waals surface area contributed by atoms with E-state index in [-0.39, 0.29) is 6.10 Å². The van der Waals surface area contributed by atoms with Gasteiger partial charge in [0.1, 0.15) is 11.6 Å². The van der Waals surface area contributed by atoms with Crippen LogP contribution in [0.4, 0.5) is 5.82 Å². The van der Waals surface area contributed by atoms with Gasteiger partial charge in [0.15, 0.2) is 0 Å². The van der Waals surface area contributed by atoms with Gasteiger partial charge in [0.2, 0.25) is 0 Å². The SMILES string of the molecule is Cc1cc(C)n(CC2CN(c3ccnc(Cc4ccccc4)n3)CCO2)n1. The largest absolute Gasteiger partial charge is 0.373 e. The van der Waals surface area contributed by atoms with Crippen LogP contribution in [0.1, 0.15) is 22.8 Å². The maximum absolute atomic E-state index is 5.98. The number of anilines is 1. The first kappa shape index (κ1) is 17.7. The molecule has 6 heteroatoms. The number of hydrogen-bond donors (Lipinski definition) is 0. The number of aryl methyl sites for hydroxylation is 2. The van der Waals surface area contributed by atoms with Gasteiger partial charge in [-0.25, -0.2) is 9.97 Å². The van der Waals surface area contributed by atoms with Crippen LogP contribution in [0.3, 0.4) is 0 Å². The molecule has 1 aromatic carbocycles. The lowest BCUT2D eigenvalue weighted by molar-refractivity contribution is 0.0267. The van der Waals surface area contributed by atoms with Crippen LogP contribution in [0.5, 0.6) is 0 Å². The van der Waals surface area contributed by atoms with Gasteiger partial charge >= 0.3 is 0 Å². The smallest absolute Gasteiger partial charge is 0.135 e. The molecular weight excluding hydrogens is 338 g/mol. The molecule has 1 atom stereocenters. The summed E-state index contributed by atoms with van der Waals surface area (Å²) in [6.07, 6.45) is 2.70. The van der Waals surface area contributed by atoms with E-state index in [1.54, 1.807) is 0 Å². The molecule has 6 nitrogen and oxygen atoms in total. The van der Waals surface area contributed by atoms with E-state index in [1.807, 2.05) is 42.1 Å². The minimum Gasteiger partial charge on any atom is -0.373 e. The molecule has 0 bridgehead atoms. The molecule has 0 aliphatic carbocycles. The number of benzene rings is 1. The summed E-state index contributed by atoms with van der Waals surface area (Å²) < 4.78 is 8.01. The Balaban J connectivity index is 1.45. The average molecular weight is 363 g/mol. The molecule has 140 valence electrons. The molecule has 4 rings (SSSR count). The van der Waals surface area contributed by atoms with Crippen LogP contribution in [-0.4, -0.2) is 45.5 Å². The van der Waals surface area contributed by atoms with Crippen molar-refractivity contribution in [2.24, 2.45) is 0 Å². The molecule has 1 unspecified atom stereocenters. The average Bonchev–Trinajstić information content (AvgIpc) is 3.00. The van der Waals surface area contributed by atoms with Crippen molar-refractivity contribution in [2.45, 2.75) is 32.9 Å². The fourth-order valence-electron chi connectivity index (χ4n) is 3.52. The Morgan fingerprint density at radius 3 is 2.78 bits per heavy atom. The van der Waals surface area contributed by atoms with Crippen LogP contribution in [0.25, 0.3) is 0 Å². The molecule has 1 saturated heterocycles. The summed E-state index contributed by atoms with van der Waals surface area (Å²) in [6, 6.07) is 14.4. The van der Waals surface area contributed by atoms with E-state index in [9.17, 15) is 0 Å². The number of morpholine rings is 1. The van der Waals surface area contributed by atoms with Gasteiger partial charge < -0.3 is 9.64 Å². The molecule has 0 amide bonds. The summed E-state index contributed by atoms with van der Waals surface area (Å²) >= 11 is 0. The van der Waals surface area contributed by atoms with Gasteiger partial charge in [-0.05, 0) is 31.5 Å². The summed E-state index contributed by atoms with van der Waals surface area (Å²) in [6.45, 7) is 7.21. The zero-order valence-corrected chi connectivity index (χ0v) is 15.9. The summed E-state index contributed by atoms with van der Waals surface area (Å²) in [7, 11) is 0. The highest BCUT2D eigenvalue weighted by atomic mass is 16.5. The Bertz CT molecular complexity index is 893. The predicted molar refractivity (Wildman–Crippen MR) is 105 cm³/mol. The summed E-state index contributed by atoms with van der Waals surface area (Å²) in [5, 5.41) is 4.56. The third kappa shape index (κ3) is 4.34. The first-order valence-corrected chi connectivity index (χ1v) is 9.41. The molecule has 0 radical (unpaired) electrons. The summed E-state index contributed by atoms with van der Waals surface area (Å²) in [5.74, 6) is 1.82. The zero-order chi connectivity index (χ0) is 18.6. The van der Waals surface area contributed by atoms with Gasteiger partial charge in [-0.1, -0.05) is 30.3 Å². The van der Waals surface area contributed by atoms with Gasteiger partial charge in [-0.3, -0.25) is 4.68 Å². The number of ether oxygens (including phenoxy) is 1. The first-order chi connectivity index (χ1) is 13.2. The Morgan fingerprint density at radius 2 is 2.00 bits per heavy atom. The number of rotatable bonds is 5. The lowest BCUT2D eigenvalue weighted by atomic mass is 10.1. The molecular formula is C21H25N5O. The van der Waals surface area contributed by atoms with Gasteiger partial charge in [-0.15, -0.1) is 0 Å². The normalized spacial score (nSPS) is 17.3. The van der Waals surface area contributed by atoms with Crippen molar-refractivity contribution >= 4 is 5.82 Å². The van der Waals surface area contributed by atoms with E-state index in [0.29, 0.717) is 6.61 Å². The first-order valence-electron chi connectivity index (χ1n) is 9.41. The third-order valence-electron chi connectivity index (χ3n) is 4.84. The Kier molecular flexibility index (Phi) is 5.16. The number of hydrogen-bond acceptors (Lipinski definition) is 5.